The molecule has 178 valence electrons. The molecule has 4 N–H and O–H groups in total. The first-order valence-corrected chi connectivity index (χ1v) is 11.4. The Morgan fingerprint density at radius 1 is 1.33 bits per heavy atom. The van der Waals surface area contributed by atoms with Crippen LogP contribution < -0.4 is 21.5 Å². The normalized spacial score (nSPS) is 18.4. The number of aromatic nitrogens is 2. The van der Waals surface area contributed by atoms with Gasteiger partial charge in [0.15, 0.2) is 5.82 Å². The van der Waals surface area contributed by atoms with Crippen LogP contribution in [0.4, 0.5) is 10.2 Å². The number of allylic oxidation sites excluding steroid dienone is 5. The smallest absolute Gasteiger partial charge is 0.151 e. The second-order valence-electron chi connectivity index (χ2n) is 8.41. The Morgan fingerprint density at radius 3 is 2.73 bits per heavy atom. The van der Waals surface area contributed by atoms with Crippen molar-refractivity contribution in [1.82, 2.24) is 20.7 Å². The molecule has 0 radical (unpaired) electrons. The van der Waals surface area contributed by atoms with Crippen LogP contribution in [0.1, 0.15) is 52.3 Å². The number of morpholine rings is 1. The first-order valence-electron chi connectivity index (χ1n) is 11.4. The van der Waals surface area contributed by atoms with Gasteiger partial charge in [0.2, 0.25) is 0 Å². The molecular formula is C25H35FN6O. The van der Waals surface area contributed by atoms with Crippen LogP contribution in [0.15, 0.2) is 35.7 Å². The molecule has 3 rings (SSSR count). The van der Waals surface area contributed by atoms with E-state index in [1.54, 1.807) is 0 Å². The van der Waals surface area contributed by atoms with Gasteiger partial charge in [0.1, 0.15) is 17.0 Å². The van der Waals surface area contributed by atoms with Crippen molar-refractivity contribution in [3.8, 4) is 0 Å². The van der Waals surface area contributed by atoms with Gasteiger partial charge in [0.25, 0.3) is 0 Å². The van der Waals surface area contributed by atoms with E-state index in [-0.39, 0.29) is 6.04 Å². The highest BCUT2D eigenvalue weighted by molar-refractivity contribution is 5.98. The number of hydrogen-bond acceptors (Lipinski definition) is 7. The number of nitrogens with two attached hydrogens (primary N) is 1. The number of ether oxygens (including phenoxy) is 1. The summed E-state index contributed by atoms with van der Waals surface area (Å²) in [6, 6.07) is 2.09. The first kappa shape index (κ1) is 24.7. The van der Waals surface area contributed by atoms with Gasteiger partial charge in [-0.1, -0.05) is 18.6 Å². The summed E-state index contributed by atoms with van der Waals surface area (Å²) in [6.07, 6.45) is 6.23. The summed E-state index contributed by atoms with van der Waals surface area (Å²) in [5.41, 5.74) is 8.15. The summed E-state index contributed by atoms with van der Waals surface area (Å²) in [7, 11) is 1.83. The zero-order valence-corrected chi connectivity index (χ0v) is 20.4. The Morgan fingerprint density at radius 2 is 2.09 bits per heavy atom. The number of fused-ring (bicyclic) bond motifs is 1. The third-order valence-electron chi connectivity index (χ3n) is 6.24. The molecule has 0 bridgehead atoms. The van der Waals surface area contributed by atoms with Crippen LogP contribution in [0.3, 0.4) is 0 Å². The highest BCUT2D eigenvalue weighted by Gasteiger charge is 2.24. The summed E-state index contributed by atoms with van der Waals surface area (Å²) < 4.78 is 20.9. The Labute approximate surface area is 195 Å². The molecule has 0 aliphatic carbocycles. The minimum Gasteiger partial charge on any atom is -0.386 e. The van der Waals surface area contributed by atoms with Gasteiger partial charge in [-0.3, -0.25) is 5.84 Å². The number of nitrogens with zero attached hydrogens (tertiary/aromatic N) is 3. The van der Waals surface area contributed by atoms with E-state index >= 15 is 4.39 Å². The lowest BCUT2D eigenvalue weighted by Gasteiger charge is -2.35. The summed E-state index contributed by atoms with van der Waals surface area (Å²) in [6.45, 7) is 12.0. The fraction of sp³-hybridized carbons (Fsp3) is 0.440. The second kappa shape index (κ2) is 10.8. The molecule has 0 aromatic carbocycles. The molecule has 1 saturated heterocycles. The van der Waals surface area contributed by atoms with Crippen LogP contribution in [-0.2, 0) is 4.74 Å². The number of halogens is 1. The molecule has 33 heavy (non-hydrogen) atoms. The minimum atomic E-state index is -0.419. The third kappa shape index (κ3) is 5.17. The maximum absolute atomic E-state index is 15.3. The topological polar surface area (TPSA) is 88.3 Å². The fourth-order valence-electron chi connectivity index (χ4n) is 3.83. The Bertz CT molecular complexity index is 1110. The minimum absolute atomic E-state index is 0.147. The SMILES string of the molecule is CC/C(C)=C/C=C(\NC)c1ncc(F)c2c(/C(C)=C(\C)NN)cc(N3CCOCC3C)nc12. The Kier molecular flexibility index (Phi) is 8.05. The predicted octanol–water partition coefficient (Wildman–Crippen LogP) is 4.12. The quantitative estimate of drug-likeness (QED) is 0.329. The zero-order chi connectivity index (χ0) is 24.1. The van der Waals surface area contributed by atoms with Crippen LogP contribution in [0.2, 0.25) is 0 Å². The molecule has 0 saturated carbocycles. The van der Waals surface area contributed by atoms with Crippen molar-refractivity contribution in [2.24, 2.45) is 5.84 Å². The third-order valence-corrected chi connectivity index (χ3v) is 6.24. The standard InChI is InChI=1S/C25H35FN6O/c1-7-15(2)8-9-21(28-6)24-25-23(20(26)13-29-24)19(17(4)18(5)31-27)12-22(30-25)32-10-11-33-14-16(32)3/h8-9,12-13,16,28,31H,7,10-11,14,27H2,1-6H3/b15-8+,18-17+,21-9-. The number of hydrazine groups is 1. The summed E-state index contributed by atoms with van der Waals surface area (Å²) in [5, 5.41) is 3.64. The van der Waals surface area contributed by atoms with Gasteiger partial charge in [-0.15, -0.1) is 0 Å². The average molecular weight is 455 g/mol. The van der Waals surface area contributed by atoms with Gasteiger partial charge in [-0.05, 0) is 57.4 Å². The summed E-state index contributed by atoms with van der Waals surface area (Å²) in [4.78, 5) is 11.6. The van der Waals surface area contributed by atoms with Crippen molar-refractivity contribution in [1.29, 1.82) is 0 Å². The van der Waals surface area contributed by atoms with Crippen LogP contribution in [0, 0.1) is 5.82 Å². The fourth-order valence-corrected chi connectivity index (χ4v) is 3.83. The monoisotopic (exact) mass is 454 g/mol. The van der Waals surface area contributed by atoms with Gasteiger partial charge < -0.3 is 20.4 Å². The summed E-state index contributed by atoms with van der Waals surface area (Å²) in [5.74, 6) is 6.04. The van der Waals surface area contributed by atoms with Gasteiger partial charge in [0.05, 0.1) is 31.1 Å². The lowest BCUT2D eigenvalue weighted by atomic mass is 9.99. The first-order chi connectivity index (χ1) is 15.8. The van der Waals surface area contributed by atoms with Crippen molar-refractivity contribution in [3.63, 3.8) is 0 Å². The molecule has 3 heterocycles. The molecule has 7 nitrogen and oxygen atoms in total. The van der Waals surface area contributed by atoms with E-state index in [0.717, 1.165) is 34.8 Å². The lowest BCUT2D eigenvalue weighted by Crippen LogP contribution is -2.44. The molecule has 1 aliphatic rings. The molecular weight excluding hydrogens is 419 g/mol. The molecule has 1 unspecified atom stereocenters. The Hall–Kier alpha value is -2.97. The van der Waals surface area contributed by atoms with E-state index < -0.39 is 5.82 Å². The van der Waals surface area contributed by atoms with Crippen LogP contribution >= 0.6 is 0 Å². The van der Waals surface area contributed by atoms with E-state index in [4.69, 9.17) is 15.6 Å². The van der Waals surface area contributed by atoms with Gasteiger partial charge in [-0.2, -0.15) is 0 Å². The molecule has 0 amide bonds. The van der Waals surface area contributed by atoms with E-state index in [9.17, 15) is 0 Å². The zero-order valence-electron chi connectivity index (χ0n) is 20.4. The molecule has 1 atom stereocenters. The Balaban J connectivity index is 2.37. The van der Waals surface area contributed by atoms with Crippen LogP contribution in [-0.4, -0.2) is 42.8 Å². The van der Waals surface area contributed by atoms with Crippen LogP contribution in [0.5, 0.6) is 0 Å². The van der Waals surface area contributed by atoms with Crippen molar-refractivity contribution >= 4 is 28.0 Å². The number of hydrogen-bond donors (Lipinski definition) is 3. The number of pyridine rings is 2. The predicted molar refractivity (Wildman–Crippen MR) is 134 cm³/mol. The van der Waals surface area contributed by atoms with E-state index in [1.165, 1.54) is 11.8 Å². The van der Waals surface area contributed by atoms with E-state index in [1.807, 2.05) is 39.1 Å². The maximum atomic E-state index is 15.3. The van der Waals surface area contributed by atoms with Crippen molar-refractivity contribution in [2.75, 3.05) is 31.7 Å². The molecule has 1 fully saturated rings. The number of nitrogens with one attached hydrogen (secondary N) is 2. The molecule has 1 aliphatic heterocycles. The summed E-state index contributed by atoms with van der Waals surface area (Å²) >= 11 is 0. The molecule has 2 aromatic heterocycles. The largest absolute Gasteiger partial charge is 0.386 e. The molecule has 0 spiro atoms. The van der Waals surface area contributed by atoms with Gasteiger partial charge >= 0.3 is 0 Å². The highest BCUT2D eigenvalue weighted by atomic mass is 19.1. The second-order valence-corrected chi connectivity index (χ2v) is 8.41. The number of rotatable bonds is 7. The van der Waals surface area contributed by atoms with E-state index in [0.29, 0.717) is 36.4 Å². The highest BCUT2D eigenvalue weighted by Crippen LogP contribution is 2.34. The van der Waals surface area contributed by atoms with Gasteiger partial charge in [0, 0.05) is 24.7 Å². The molecule has 2 aromatic rings. The lowest BCUT2D eigenvalue weighted by molar-refractivity contribution is 0.0985. The van der Waals surface area contributed by atoms with E-state index in [2.05, 4.69) is 41.4 Å². The number of anilines is 1. The molecule has 8 heteroatoms. The van der Waals surface area contributed by atoms with Gasteiger partial charge in [-0.25, -0.2) is 14.4 Å². The van der Waals surface area contributed by atoms with Crippen LogP contribution in [0.25, 0.3) is 22.2 Å². The van der Waals surface area contributed by atoms with Crippen molar-refractivity contribution < 1.29 is 9.13 Å². The van der Waals surface area contributed by atoms with Crippen molar-refractivity contribution in [3.05, 3.63) is 52.8 Å². The average Bonchev–Trinajstić information content (AvgIpc) is 2.83. The van der Waals surface area contributed by atoms with Crippen molar-refractivity contribution in [2.45, 2.75) is 47.1 Å². The maximum Gasteiger partial charge on any atom is 0.151 e.